The lowest BCUT2D eigenvalue weighted by Crippen LogP contribution is -2.33. The number of hydrogen-bond acceptors (Lipinski definition) is 3. The smallest absolute Gasteiger partial charge is 0.238 e. The van der Waals surface area contributed by atoms with Crippen molar-refractivity contribution in [2.75, 3.05) is 0 Å². The second-order valence-electron chi connectivity index (χ2n) is 20.3. The highest BCUT2D eigenvalue weighted by atomic mass is 15.2. The minimum absolute atomic E-state index is 0.00264. The Morgan fingerprint density at radius 2 is 0.884 bits per heavy atom. The Kier molecular flexibility index (Phi) is 8.40. The Morgan fingerprint density at radius 3 is 1.61 bits per heavy atom. The molecular weight excluding hydrogens is 841 g/mol. The molecule has 0 fully saturated rings. The molecule has 0 saturated heterocycles. The summed E-state index contributed by atoms with van der Waals surface area (Å²) >= 11 is 0. The average molecular weight is 889 g/mol. The van der Waals surface area contributed by atoms with Crippen LogP contribution in [0.4, 0.5) is 0 Å². The van der Waals surface area contributed by atoms with Crippen LogP contribution in [0.3, 0.4) is 0 Å². The molecular formula is C63H48N6. The van der Waals surface area contributed by atoms with E-state index in [1.165, 1.54) is 54.5 Å². The largest absolute Gasteiger partial charge is 0.309 e. The van der Waals surface area contributed by atoms with E-state index in [2.05, 4.69) is 236 Å². The van der Waals surface area contributed by atoms with Gasteiger partial charge in [-0.25, -0.2) is 4.98 Å². The van der Waals surface area contributed by atoms with Crippen molar-refractivity contribution in [2.24, 2.45) is 0 Å². The second-order valence-corrected chi connectivity index (χ2v) is 20.3. The van der Waals surface area contributed by atoms with Crippen molar-refractivity contribution in [3.05, 3.63) is 205 Å². The third-order valence-electron chi connectivity index (χ3n) is 15.3. The number of rotatable bonds is 5. The van der Waals surface area contributed by atoms with Crippen molar-refractivity contribution in [2.45, 2.75) is 51.4 Å². The van der Waals surface area contributed by atoms with Gasteiger partial charge in [0, 0.05) is 54.8 Å². The highest BCUT2D eigenvalue weighted by Crippen LogP contribution is 2.50. The second kappa shape index (κ2) is 14.6. The number of fused-ring (bicyclic) bond motifs is 12. The molecule has 0 unspecified atom stereocenters. The van der Waals surface area contributed by atoms with E-state index in [4.69, 9.17) is 15.0 Å². The Labute approximate surface area is 399 Å². The molecule has 1 aliphatic rings. The fraction of sp³-hybridized carbons (Fsp3) is 0.127. The van der Waals surface area contributed by atoms with E-state index in [1.807, 2.05) is 0 Å². The van der Waals surface area contributed by atoms with Crippen molar-refractivity contribution < 1.29 is 0 Å². The minimum Gasteiger partial charge on any atom is -0.309 e. The summed E-state index contributed by atoms with van der Waals surface area (Å²) in [6, 6.07) is 70.2. The number of hydrogen-bond donors (Lipinski definition) is 0. The third kappa shape index (κ3) is 5.88. The van der Waals surface area contributed by atoms with E-state index in [0.717, 1.165) is 68.2 Å². The van der Waals surface area contributed by atoms with E-state index in [1.54, 1.807) is 0 Å². The van der Waals surface area contributed by atoms with Gasteiger partial charge in [0.2, 0.25) is 5.95 Å². The van der Waals surface area contributed by atoms with Crippen LogP contribution >= 0.6 is 0 Å². The van der Waals surface area contributed by atoms with Crippen molar-refractivity contribution in [1.29, 1.82) is 0 Å². The standard InChI is InChI=1S/C63H48N6/c1-62(2)34-35-63(3,4)50-38-56-48(37-49(50)62)58-55(33-32-54-57(58)47-27-12-15-31-53(47)67(54)41-21-6-5-7-22-41)69(56)61-65-59(64-60(66-61)46-28-17-19-39-18-8-9-24-43(39)46)40-20-16-23-42(36-40)68-51-29-13-10-25-44(51)45-26-11-14-30-52(45)68/h5-33,36-38H,34-35H2,1-4H3. The molecule has 6 heteroatoms. The van der Waals surface area contributed by atoms with Crippen LogP contribution in [0, 0.1) is 0 Å². The zero-order valence-corrected chi connectivity index (χ0v) is 39.1. The summed E-state index contributed by atoms with van der Waals surface area (Å²) < 4.78 is 7.12. The van der Waals surface area contributed by atoms with Crippen LogP contribution in [-0.2, 0) is 10.8 Å². The van der Waals surface area contributed by atoms with Crippen LogP contribution < -0.4 is 0 Å². The summed E-state index contributed by atoms with van der Waals surface area (Å²) in [5.41, 5.74) is 13.7. The van der Waals surface area contributed by atoms with Crippen molar-refractivity contribution in [1.82, 2.24) is 28.7 Å². The summed E-state index contributed by atoms with van der Waals surface area (Å²) in [5, 5.41) is 9.53. The summed E-state index contributed by atoms with van der Waals surface area (Å²) in [5.74, 6) is 1.83. The number of aromatic nitrogens is 6. The lowest BCUT2D eigenvalue weighted by Gasteiger charge is -2.42. The summed E-state index contributed by atoms with van der Waals surface area (Å²) in [6.07, 6.45) is 2.23. The maximum absolute atomic E-state index is 5.60. The fourth-order valence-corrected chi connectivity index (χ4v) is 11.8. The molecule has 330 valence electrons. The first-order valence-corrected chi connectivity index (χ1v) is 24.2. The molecule has 1 aliphatic carbocycles. The lowest BCUT2D eigenvalue weighted by atomic mass is 9.63. The van der Waals surface area contributed by atoms with Gasteiger partial charge in [0.15, 0.2) is 11.6 Å². The van der Waals surface area contributed by atoms with Crippen molar-refractivity contribution in [3.8, 4) is 40.1 Å². The molecule has 0 N–H and O–H groups in total. The average Bonchev–Trinajstić information content (AvgIpc) is 4.03. The molecule has 14 rings (SSSR count). The van der Waals surface area contributed by atoms with Gasteiger partial charge in [0.1, 0.15) is 0 Å². The molecule has 0 aliphatic heterocycles. The van der Waals surface area contributed by atoms with Gasteiger partial charge in [-0.05, 0) is 112 Å². The molecule has 6 nitrogen and oxygen atoms in total. The summed E-state index contributed by atoms with van der Waals surface area (Å²) in [6.45, 7) is 9.67. The molecule has 4 aromatic heterocycles. The Balaban J connectivity index is 1.10. The van der Waals surface area contributed by atoms with Crippen molar-refractivity contribution in [3.63, 3.8) is 0 Å². The lowest BCUT2D eigenvalue weighted by molar-refractivity contribution is 0.332. The Bertz CT molecular complexity index is 4200. The zero-order valence-electron chi connectivity index (χ0n) is 39.1. The fourth-order valence-electron chi connectivity index (χ4n) is 11.8. The molecule has 13 aromatic rings. The van der Waals surface area contributed by atoms with Gasteiger partial charge in [-0.1, -0.05) is 155 Å². The van der Waals surface area contributed by atoms with E-state index in [-0.39, 0.29) is 10.8 Å². The van der Waals surface area contributed by atoms with Crippen LogP contribution in [0.25, 0.3) is 116 Å². The predicted molar refractivity (Wildman–Crippen MR) is 287 cm³/mol. The number of benzene rings is 9. The van der Waals surface area contributed by atoms with Gasteiger partial charge in [-0.3, -0.25) is 4.57 Å². The van der Waals surface area contributed by atoms with Gasteiger partial charge in [0.05, 0.1) is 33.1 Å². The van der Waals surface area contributed by atoms with Crippen LogP contribution in [-0.4, -0.2) is 28.7 Å². The Hall–Kier alpha value is -8.35. The maximum Gasteiger partial charge on any atom is 0.238 e. The summed E-state index contributed by atoms with van der Waals surface area (Å²) in [4.78, 5) is 16.6. The van der Waals surface area contributed by atoms with Crippen LogP contribution in [0.5, 0.6) is 0 Å². The van der Waals surface area contributed by atoms with Gasteiger partial charge in [-0.15, -0.1) is 0 Å². The monoisotopic (exact) mass is 888 g/mol. The van der Waals surface area contributed by atoms with Gasteiger partial charge in [-0.2, -0.15) is 9.97 Å². The predicted octanol–water partition coefficient (Wildman–Crippen LogP) is 16.0. The van der Waals surface area contributed by atoms with E-state index in [0.29, 0.717) is 17.6 Å². The first-order valence-electron chi connectivity index (χ1n) is 24.2. The topological polar surface area (TPSA) is 53.5 Å². The van der Waals surface area contributed by atoms with Crippen molar-refractivity contribution >= 4 is 76.2 Å². The first kappa shape index (κ1) is 39.8. The summed E-state index contributed by atoms with van der Waals surface area (Å²) in [7, 11) is 0. The Morgan fingerprint density at radius 1 is 0.362 bits per heavy atom. The molecule has 69 heavy (non-hydrogen) atoms. The molecule has 0 spiro atoms. The van der Waals surface area contributed by atoms with E-state index in [9.17, 15) is 0 Å². The van der Waals surface area contributed by atoms with Gasteiger partial charge >= 0.3 is 0 Å². The highest BCUT2D eigenvalue weighted by molar-refractivity contribution is 6.29. The highest BCUT2D eigenvalue weighted by Gasteiger charge is 2.38. The maximum atomic E-state index is 5.60. The van der Waals surface area contributed by atoms with Crippen LogP contribution in [0.2, 0.25) is 0 Å². The van der Waals surface area contributed by atoms with Crippen LogP contribution in [0.15, 0.2) is 194 Å². The molecule has 0 saturated carbocycles. The number of nitrogens with zero attached hydrogens (tertiary/aromatic N) is 6. The normalized spacial score (nSPS) is 14.5. The molecule has 0 atom stereocenters. The quantitative estimate of drug-likeness (QED) is 0.173. The number of para-hydroxylation sites is 4. The molecule has 4 heterocycles. The molecule has 0 radical (unpaired) electrons. The van der Waals surface area contributed by atoms with Gasteiger partial charge < -0.3 is 9.13 Å². The molecule has 0 bridgehead atoms. The minimum atomic E-state index is -0.0232. The van der Waals surface area contributed by atoms with E-state index < -0.39 is 0 Å². The molecule has 0 amide bonds. The van der Waals surface area contributed by atoms with E-state index >= 15 is 0 Å². The zero-order chi connectivity index (χ0) is 46.2. The van der Waals surface area contributed by atoms with Crippen LogP contribution in [0.1, 0.15) is 51.7 Å². The third-order valence-corrected chi connectivity index (χ3v) is 15.3. The molecule has 9 aromatic carbocycles. The SMILES string of the molecule is CC1(C)CCC(C)(C)c2cc3c(cc21)c1c2c4ccccc4n(-c4ccccc4)c2ccc1n3-c1nc(-c2cccc(-n3c4ccccc4c4ccccc43)c2)nc(-c2cccc3ccccc23)n1. The van der Waals surface area contributed by atoms with Gasteiger partial charge in [0.25, 0.3) is 0 Å². The first-order chi connectivity index (χ1) is 33.7.